The van der Waals surface area contributed by atoms with Crippen molar-refractivity contribution in [2.75, 3.05) is 6.61 Å². The molecule has 1 saturated heterocycles. The lowest BCUT2D eigenvalue weighted by molar-refractivity contribution is 0.0355. The lowest BCUT2D eigenvalue weighted by Crippen LogP contribution is -2.36. The predicted octanol–water partition coefficient (Wildman–Crippen LogP) is 3.09. The third kappa shape index (κ3) is 3.27. The van der Waals surface area contributed by atoms with Gasteiger partial charge in [0.15, 0.2) is 5.69 Å². The Morgan fingerprint density at radius 3 is 2.78 bits per heavy atom. The molecular formula is C17H19FN2O3. The highest BCUT2D eigenvalue weighted by Gasteiger charge is 2.33. The van der Waals surface area contributed by atoms with Crippen molar-refractivity contribution in [2.24, 2.45) is 0 Å². The summed E-state index contributed by atoms with van der Waals surface area (Å²) in [6.07, 6.45) is 0.732. The monoisotopic (exact) mass is 318 g/mol. The molecule has 1 aliphatic rings. The molecule has 1 unspecified atom stereocenters. The first-order valence-corrected chi connectivity index (χ1v) is 7.53. The fourth-order valence-corrected chi connectivity index (χ4v) is 2.74. The number of aryl methyl sites for hydroxylation is 1. The highest BCUT2D eigenvalue weighted by atomic mass is 19.1. The minimum atomic E-state index is -0.438. The van der Waals surface area contributed by atoms with Gasteiger partial charge in [-0.1, -0.05) is 12.1 Å². The van der Waals surface area contributed by atoms with E-state index in [2.05, 4.69) is 10.3 Å². The quantitative estimate of drug-likeness (QED) is 0.944. The fraction of sp³-hybridized carbons (Fsp3) is 0.412. The Morgan fingerprint density at radius 2 is 2.13 bits per heavy atom. The summed E-state index contributed by atoms with van der Waals surface area (Å²) in [6.45, 7) is 6.07. The van der Waals surface area contributed by atoms with Gasteiger partial charge in [-0.15, -0.1) is 0 Å². The van der Waals surface area contributed by atoms with E-state index in [0.717, 1.165) is 6.42 Å². The van der Waals surface area contributed by atoms with Crippen LogP contribution < -0.4 is 5.32 Å². The van der Waals surface area contributed by atoms with Gasteiger partial charge >= 0.3 is 0 Å². The SMILES string of the molecule is Cc1oc(-c2ccccc2F)nc1C(=O)NC1COC(C)(C)C1. The number of oxazole rings is 1. The molecule has 0 bridgehead atoms. The van der Waals surface area contributed by atoms with Gasteiger partial charge in [0.1, 0.15) is 11.6 Å². The molecule has 5 nitrogen and oxygen atoms in total. The number of nitrogens with one attached hydrogen (secondary N) is 1. The number of amides is 1. The molecular weight excluding hydrogens is 299 g/mol. The number of halogens is 1. The summed E-state index contributed by atoms with van der Waals surface area (Å²) in [7, 11) is 0. The Balaban J connectivity index is 1.79. The molecule has 1 N–H and O–H groups in total. The number of hydrogen-bond donors (Lipinski definition) is 1. The molecule has 0 spiro atoms. The molecule has 23 heavy (non-hydrogen) atoms. The topological polar surface area (TPSA) is 64.4 Å². The first-order valence-electron chi connectivity index (χ1n) is 7.53. The summed E-state index contributed by atoms with van der Waals surface area (Å²) in [4.78, 5) is 16.5. The van der Waals surface area contributed by atoms with E-state index in [1.807, 2.05) is 13.8 Å². The molecule has 2 heterocycles. The zero-order valence-electron chi connectivity index (χ0n) is 13.4. The van der Waals surface area contributed by atoms with Gasteiger partial charge in [0, 0.05) is 0 Å². The summed E-state index contributed by atoms with van der Waals surface area (Å²) >= 11 is 0. The maximum absolute atomic E-state index is 13.8. The number of ether oxygens (including phenoxy) is 1. The van der Waals surface area contributed by atoms with Crippen molar-refractivity contribution in [2.45, 2.75) is 38.8 Å². The van der Waals surface area contributed by atoms with E-state index in [4.69, 9.17) is 9.15 Å². The minimum Gasteiger partial charge on any atom is -0.440 e. The summed E-state index contributed by atoms with van der Waals surface area (Å²) in [5, 5.41) is 2.89. The van der Waals surface area contributed by atoms with Crippen molar-refractivity contribution in [1.82, 2.24) is 10.3 Å². The molecule has 0 aliphatic carbocycles. The third-order valence-electron chi connectivity index (χ3n) is 3.86. The van der Waals surface area contributed by atoms with Crippen molar-refractivity contribution in [3.05, 3.63) is 41.5 Å². The van der Waals surface area contributed by atoms with Crippen LogP contribution >= 0.6 is 0 Å². The zero-order chi connectivity index (χ0) is 16.6. The van der Waals surface area contributed by atoms with Gasteiger partial charge in [-0.3, -0.25) is 4.79 Å². The van der Waals surface area contributed by atoms with Crippen LogP contribution in [0.2, 0.25) is 0 Å². The average molecular weight is 318 g/mol. The van der Waals surface area contributed by atoms with Gasteiger partial charge in [-0.25, -0.2) is 9.37 Å². The molecule has 6 heteroatoms. The van der Waals surface area contributed by atoms with Crippen molar-refractivity contribution < 1.29 is 18.3 Å². The Kier molecular flexibility index (Phi) is 3.93. The second-order valence-electron chi connectivity index (χ2n) is 6.35. The summed E-state index contributed by atoms with van der Waals surface area (Å²) < 4.78 is 24.9. The fourth-order valence-electron chi connectivity index (χ4n) is 2.74. The lowest BCUT2D eigenvalue weighted by atomic mass is 10.0. The molecule has 1 amide bonds. The molecule has 0 saturated carbocycles. The Hall–Kier alpha value is -2.21. The minimum absolute atomic E-state index is 0.0643. The number of hydrogen-bond acceptors (Lipinski definition) is 4. The van der Waals surface area contributed by atoms with Crippen LogP contribution in [-0.2, 0) is 4.74 Å². The number of aromatic nitrogens is 1. The Morgan fingerprint density at radius 1 is 1.39 bits per heavy atom. The van der Waals surface area contributed by atoms with Crippen LogP contribution in [-0.4, -0.2) is 29.1 Å². The molecule has 1 fully saturated rings. The number of carbonyl (C=O) groups excluding carboxylic acids is 1. The Labute approximate surface area is 133 Å². The summed E-state index contributed by atoms with van der Waals surface area (Å²) in [5.41, 5.74) is 0.169. The van der Waals surface area contributed by atoms with Crippen LogP contribution in [0.15, 0.2) is 28.7 Å². The third-order valence-corrected chi connectivity index (χ3v) is 3.86. The zero-order valence-corrected chi connectivity index (χ0v) is 13.4. The van der Waals surface area contributed by atoms with Gasteiger partial charge in [0.25, 0.3) is 5.91 Å². The normalized spacial score (nSPS) is 19.7. The van der Waals surface area contributed by atoms with Crippen LogP contribution in [0, 0.1) is 12.7 Å². The molecule has 3 rings (SSSR count). The second-order valence-corrected chi connectivity index (χ2v) is 6.35. The van der Waals surface area contributed by atoms with Gasteiger partial charge in [0.05, 0.1) is 23.8 Å². The molecule has 0 radical (unpaired) electrons. The van der Waals surface area contributed by atoms with Crippen LogP contribution in [0.3, 0.4) is 0 Å². The van der Waals surface area contributed by atoms with E-state index in [0.29, 0.717) is 12.4 Å². The van der Waals surface area contributed by atoms with E-state index < -0.39 is 5.82 Å². The van der Waals surface area contributed by atoms with Crippen molar-refractivity contribution in [3.8, 4) is 11.5 Å². The van der Waals surface area contributed by atoms with Crippen LogP contribution in [0.25, 0.3) is 11.5 Å². The van der Waals surface area contributed by atoms with E-state index in [1.165, 1.54) is 6.07 Å². The molecule has 1 atom stereocenters. The standard InChI is InChI=1S/C17H19FN2O3/c1-10-14(15(21)19-11-8-17(2,3)22-9-11)20-16(23-10)12-6-4-5-7-13(12)18/h4-7,11H,8-9H2,1-3H3,(H,19,21). The van der Waals surface area contributed by atoms with Gasteiger partial charge in [-0.05, 0) is 39.3 Å². The van der Waals surface area contributed by atoms with Crippen molar-refractivity contribution in [1.29, 1.82) is 0 Å². The van der Waals surface area contributed by atoms with E-state index >= 15 is 0 Å². The average Bonchev–Trinajstić information content (AvgIpc) is 3.02. The Bertz CT molecular complexity index is 739. The van der Waals surface area contributed by atoms with E-state index in [9.17, 15) is 9.18 Å². The first kappa shape index (κ1) is 15.7. The van der Waals surface area contributed by atoms with Crippen LogP contribution in [0.1, 0.15) is 36.5 Å². The highest BCUT2D eigenvalue weighted by molar-refractivity contribution is 5.93. The van der Waals surface area contributed by atoms with Crippen molar-refractivity contribution >= 4 is 5.91 Å². The first-order chi connectivity index (χ1) is 10.9. The predicted molar refractivity (Wildman–Crippen MR) is 82.5 cm³/mol. The molecule has 1 aromatic carbocycles. The van der Waals surface area contributed by atoms with Gasteiger partial charge in [-0.2, -0.15) is 0 Å². The maximum Gasteiger partial charge on any atom is 0.273 e. The van der Waals surface area contributed by atoms with Crippen molar-refractivity contribution in [3.63, 3.8) is 0 Å². The highest BCUT2D eigenvalue weighted by Crippen LogP contribution is 2.26. The molecule has 1 aliphatic heterocycles. The van der Waals surface area contributed by atoms with Gasteiger partial charge in [0.2, 0.25) is 5.89 Å². The summed E-state index contributed by atoms with van der Waals surface area (Å²) in [5.74, 6) is -0.306. The largest absolute Gasteiger partial charge is 0.440 e. The number of carbonyl (C=O) groups is 1. The van der Waals surface area contributed by atoms with Gasteiger partial charge < -0.3 is 14.5 Å². The number of nitrogens with zero attached hydrogens (tertiary/aromatic N) is 1. The number of rotatable bonds is 3. The number of benzene rings is 1. The molecule has 1 aromatic heterocycles. The van der Waals surface area contributed by atoms with E-state index in [1.54, 1.807) is 25.1 Å². The van der Waals surface area contributed by atoms with Crippen LogP contribution in [0.4, 0.5) is 4.39 Å². The molecule has 2 aromatic rings. The smallest absolute Gasteiger partial charge is 0.273 e. The maximum atomic E-state index is 13.8. The second kappa shape index (κ2) is 5.77. The molecule has 122 valence electrons. The van der Waals surface area contributed by atoms with E-state index in [-0.39, 0.29) is 34.7 Å². The van der Waals surface area contributed by atoms with Crippen LogP contribution in [0.5, 0.6) is 0 Å². The summed E-state index contributed by atoms with van der Waals surface area (Å²) in [6, 6.07) is 6.10. The lowest BCUT2D eigenvalue weighted by Gasteiger charge is -2.15.